The van der Waals surface area contributed by atoms with Crippen molar-refractivity contribution in [3.63, 3.8) is 0 Å². The Bertz CT molecular complexity index is 986. The second-order valence-corrected chi connectivity index (χ2v) is 8.54. The topological polar surface area (TPSA) is 95.7 Å². The highest BCUT2D eigenvalue weighted by Crippen LogP contribution is 2.43. The zero-order chi connectivity index (χ0) is 20.7. The molecule has 0 radical (unpaired) electrons. The molecule has 1 atom stereocenters. The summed E-state index contributed by atoms with van der Waals surface area (Å²) in [5.74, 6) is -0.227. The molecule has 152 valence electrons. The summed E-state index contributed by atoms with van der Waals surface area (Å²) in [7, 11) is 0. The number of amides is 1. The number of hydrogen-bond acceptors (Lipinski definition) is 5. The van der Waals surface area contributed by atoms with Gasteiger partial charge in [-0.15, -0.1) is 0 Å². The quantitative estimate of drug-likeness (QED) is 0.492. The Morgan fingerprint density at radius 1 is 1.28 bits per heavy atom. The van der Waals surface area contributed by atoms with Crippen LogP contribution < -0.4 is 5.32 Å². The van der Waals surface area contributed by atoms with Gasteiger partial charge in [-0.3, -0.25) is 14.9 Å². The van der Waals surface area contributed by atoms with Gasteiger partial charge in [0.25, 0.3) is 0 Å². The first-order chi connectivity index (χ1) is 13.8. The van der Waals surface area contributed by atoms with E-state index in [1.54, 1.807) is 13.0 Å². The molecule has 1 aromatic carbocycles. The van der Waals surface area contributed by atoms with Gasteiger partial charge in [-0.2, -0.15) is 0 Å². The van der Waals surface area contributed by atoms with E-state index < -0.39 is 4.92 Å². The highest BCUT2D eigenvalue weighted by molar-refractivity contribution is 9.11. The monoisotopic (exact) mass is 459 g/mol. The number of nitro groups is 1. The number of phenols is 1. The molecule has 1 saturated heterocycles. The van der Waals surface area contributed by atoms with Crippen molar-refractivity contribution in [2.24, 2.45) is 0 Å². The molecule has 8 heteroatoms. The minimum absolute atomic E-state index is 0.0686. The number of nitrogens with zero attached hydrogens (tertiary/aromatic N) is 2. The summed E-state index contributed by atoms with van der Waals surface area (Å²) < 4.78 is 0.958. The number of phenolic OH excluding ortho intramolecular Hbond substituents is 1. The fraction of sp³-hybridized carbons (Fsp3) is 0.381. The van der Waals surface area contributed by atoms with Crippen molar-refractivity contribution in [1.82, 2.24) is 10.2 Å². The van der Waals surface area contributed by atoms with Crippen molar-refractivity contribution in [3.05, 3.63) is 61.3 Å². The highest BCUT2D eigenvalue weighted by Gasteiger charge is 2.33. The highest BCUT2D eigenvalue weighted by atomic mass is 79.9. The third-order valence-corrected chi connectivity index (χ3v) is 6.39. The van der Waals surface area contributed by atoms with Crippen molar-refractivity contribution in [3.8, 4) is 5.75 Å². The Labute approximate surface area is 177 Å². The Kier molecular flexibility index (Phi) is 5.21. The van der Waals surface area contributed by atoms with Crippen molar-refractivity contribution in [2.45, 2.75) is 38.6 Å². The molecule has 0 aromatic heterocycles. The maximum Gasteiger partial charge on any atom is 0.311 e. The number of benzene rings is 1. The number of hydrogen-bond donors (Lipinski definition) is 2. The van der Waals surface area contributed by atoms with Gasteiger partial charge < -0.3 is 15.3 Å². The molecule has 2 heterocycles. The molecule has 0 saturated carbocycles. The summed E-state index contributed by atoms with van der Waals surface area (Å²) >= 11 is 3.53. The fourth-order valence-electron chi connectivity index (χ4n) is 4.47. The van der Waals surface area contributed by atoms with Crippen LogP contribution in [0, 0.1) is 10.1 Å². The van der Waals surface area contributed by atoms with Gasteiger partial charge in [-0.25, -0.2) is 0 Å². The molecule has 0 bridgehead atoms. The smallest absolute Gasteiger partial charge is 0.311 e. The van der Waals surface area contributed by atoms with Crippen LogP contribution in [0.3, 0.4) is 0 Å². The number of carbonyl (C=O) groups is 1. The normalized spacial score (nSPS) is 21.3. The number of nitrogens with one attached hydrogen (secondary N) is 1. The number of piperidine rings is 1. The number of rotatable bonds is 1. The first-order valence-electron chi connectivity index (χ1n) is 9.65. The summed E-state index contributed by atoms with van der Waals surface area (Å²) in [5.41, 5.74) is 4.93. The molecule has 1 amide bonds. The zero-order valence-electron chi connectivity index (χ0n) is 16.1. The third-order valence-electron chi connectivity index (χ3n) is 5.93. The minimum atomic E-state index is -0.539. The summed E-state index contributed by atoms with van der Waals surface area (Å²) in [6.45, 7) is 2.88. The number of nitro benzene ring substituents is 1. The maximum absolute atomic E-state index is 11.7. The Morgan fingerprint density at radius 2 is 2.00 bits per heavy atom. The number of allylic oxidation sites excluding steroid dienone is 2. The molecule has 3 aliphatic rings. The lowest BCUT2D eigenvalue weighted by Crippen LogP contribution is -2.36. The maximum atomic E-state index is 11.7. The van der Waals surface area contributed by atoms with Crippen LogP contribution in [0.2, 0.25) is 0 Å². The Morgan fingerprint density at radius 3 is 2.66 bits per heavy atom. The fourth-order valence-corrected chi connectivity index (χ4v) is 4.90. The van der Waals surface area contributed by atoms with Crippen molar-refractivity contribution in [1.29, 1.82) is 0 Å². The summed E-state index contributed by atoms with van der Waals surface area (Å²) in [6.07, 6.45) is 6.97. The molecule has 1 unspecified atom stereocenters. The molecular formula is C21H22BrN3O4. The van der Waals surface area contributed by atoms with Crippen LogP contribution in [-0.2, 0) is 11.2 Å². The zero-order valence-corrected chi connectivity index (χ0v) is 17.7. The SMILES string of the molecule is CC(=O)N1CCC(=C2c3cc([N+](=O)[O-])c(O)cc3CCC3=CC(Br)=CNC32)CC1. The number of carbonyl (C=O) groups excluding carboxylic acids is 1. The Hall–Kier alpha value is -2.61. The van der Waals surface area contributed by atoms with Gasteiger partial charge in [0.1, 0.15) is 0 Å². The molecular weight excluding hydrogens is 438 g/mol. The van der Waals surface area contributed by atoms with Crippen molar-refractivity contribution in [2.75, 3.05) is 13.1 Å². The molecule has 0 spiro atoms. The van der Waals surface area contributed by atoms with Gasteiger partial charge in [0.2, 0.25) is 5.91 Å². The number of dihydropyridines is 1. The lowest BCUT2D eigenvalue weighted by atomic mass is 9.84. The molecule has 1 aromatic rings. The number of fused-ring (bicyclic) bond motifs is 2. The largest absolute Gasteiger partial charge is 0.502 e. The van der Waals surface area contributed by atoms with E-state index in [1.165, 1.54) is 17.2 Å². The molecule has 2 N–H and O–H groups in total. The lowest BCUT2D eigenvalue weighted by Gasteiger charge is -2.33. The molecule has 1 fully saturated rings. The van der Waals surface area contributed by atoms with Gasteiger partial charge in [0.15, 0.2) is 5.75 Å². The van der Waals surface area contributed by atoms with E-state index in [9.17, 15) is 20.0 Å². The number of aryl methyl sites for hydroxylation is 1. The first-order valence-corrected chi connectivity index (χ1v) is 10.4. The van der Waals surface area contributed by atoms with E-state index in [0.717, 1.165) is 40.4 Å². The van der Waals surface area contributed by atoms with Crippen LogP contribution in [-0.4, -0.2) is 40.0 Å². The van der Waals surface area contributed by atoms with E-state index >= 15 is 0 Å². The van der Waals surface area contributed by atoms with Gasteiger partial charge in [-0.1, -0.05) is 5.57 Å². The lowest BCUT2D eigenvalue weighted by molar-refractivity contribution is -0.385. The van der Waals surface area contributed by atoms with Crippen LogP contribution in [0.15, 0.2) is 40.0 Å². The first kappa shape index (κ1) is 19.7. The van der Waals surface area contributed by atoms with Crippen LogP contribution in [0.4, 0.5) is 5.69 Å². The van der Waals surface area contributed by atoms with E-state index in [4.69, 9.17) is 0 Å². The van der Waals surface area contributed by atoms with Gasteiger partial charge >= 0.3 is 5.69 Å². The van der Waals surface area contributed by atoms with E-state index in [0.29, 0.717) is 19.5 Å². The van der Waals surface area contributed by atoms with Crippen LogP contribution in [0.1, 0.15) is 37.3 Å². The molecule has 2 aliphatic heterocycles. The van der Waals surface area contributed by atoms with Crippen molar-refractivity contribution < 1.29 is 14.8 Å². The number of aromatic hydroxyl groups is 1. The average Bonchev–Trinajstić information content (AvgIpc) is 2.83. The van der Waals surface area contributed by atoms with E-state index in [1.807, 2.05) is 11.1 Å². The molecule has 1 aliphatic carbocycles. The molecule has 7 nitrogen and oxygen atoms in total. The number of halogens is 1. The van der Waals surface area contributed by atoms with E-state index in [2.05, 4.69) is 27.3 Å². The van der Waals surface area contributed by atoms with Crippen LogP contribution in [0.5, 0.6) is 5.75 Å². The predicted octanol–water partition coefficient (Wildman–Crippen LogP) is 3.78. The van der Waals surface area contributed by atoms with Gasteiger partial charge in [0.05, 0.1) is 11.0 Å². The Balaban J connectivity index is 1.87. The van der Waals surface area contributed by atoms with Crippen LogP contribution in [0.25, 0.3) is 5.57 Å². The standard InChI is InChI=1S/C21H22BrN3O4/c1-12(26)24-6-4-13(5-7-24)20-17-10-18(25(28)29)19(27)9-14(17)2-3-15-8-16(22)11-23-21(15)20/h8-11,21,23,27H,2-7H2,1H3. The number of likely N-dealkylation sites (tertiary alicyclic amines) is 1. The van der Waals surface area contributed by atoms with E-state index in [-0.39, 0.29) is 23.4 Å². The molecule has 29 heavy (non-hydrogen) atoms. The summed E-state index contributed by atoms with van der Waals surface area (Å²) in [6, 6.07) is 2.99. The minimum Gasteiger partial charge on any atom is -0.502 e. The van der Waals surface area contributed by atoms with Crippen LogP contribution >= 0.6 is 15.9 Å². The second-order valence-electron chi connectivity index (χ2n) is 7.63. The molecule has 4 rings (SSSR count). The third kappa shape index (κ3) is 3.69. The van der Waals surface area contributed by atoms with Gasteiger partial charge in [0, 0.05) is 36.8 Å². The summed E-state index contributed by atoms with van der Waals surface area (Å²) in [4.78, 5) is 24.5. The second kappa shape index (κ2) is 7.67. The van der Waals surface area contributed by atoms with Crippen molar-refractivity contribution >= 4 is 33.1 Å². The average molecular weight is 460 g/mol. The van der Waals surface area contributed by atoms with Gasteiger partial charge in [-0.05, 0) is 76.0 Å². The predicted molar refractivity (Wildman–Crippen MR) is 114 cm³/mol. The summed E-state index contributed by atoms with van der Waals surface area (Å²) in [5, 5.41) is 25.1.